The first kappa shape index (κ1) is 16.0. The predicted octanol–water partition coefficient (Wildman–Crippen LogP) is 3.79. The number of ether oxygens (including phenoxy) is 2. The molecule has 1 fully saturated rings. The van der Waals surface area contributed by atoms with Crippen molar-refractivity contribution in [1.82, 2.24) is 0 Å². The minimum atomic E-state index is -0.277. The third-order valence-electron chi connectivity index (χ3n) is 3.59. The number of rotatable bonds is 7. The van der Waals surface area contributed by atoms with E-state index >= 15 is 0 Å². The standard InChI is InChI=1S/C16H26O3/c1-12(2)7-6-10-16(4)14(19-16)9-8-13(3)11-15(17)18-5/h7,11,14H,6,8-10H2,1-5H3/b13-11+/t14-,16-/m0/s1. The summed E-state index contributed by atoms with van der Waals surface area (Å²) in [5.41, 5.74) is 2.45. The largest absolute Gasteiger partial charge is 0.466 e. The molecule has 1 heterocycles. The molecular formula is C16H26O3. The van der Waals surface area contributed by atoms with Crippen molar-refractivity contribution < 1.29 is 14.3 Å². The molecule has 0 spiro atoms. The number of carbonyl (C=O) groups is 1. The van der Waals surface area contributed by atoms with Crippen LogP contribution in [0.2, 0.25) is 0 Å². The highest BCUT2D eigenvalue weighted by Crippen LogP contribution is 2.43. The van der Waals surface area contributed by atoms with Gasteiger partial charge in [0.25, 0.3) is 0 Å². The predicted molar refractivity (Wildman–Crippen MR) is 77.0 cm³/mol. The second kappa shape index (κ2) is 6.90. The zero-order valence-electron chi connectivity index (χ0n) is 12.8. The smallest absolute Gasteiger partial charge is 0.330 e. The normalized spacial score (nSPS) is 25.9. The molecule has 1 aliphatic rings. The first-order valence-electron chi connectivity index (χ1n) is 6.93. The molecule has 3 heteroatoms. The van der Waals surface area contributed by atoms with Crippen molar-refractivity contribution in [3.63, 3.8) is 0 Å². The summed E-state index contributed by atoms with van der Waals surface area (Å²) in [6, 6.07) is 0. The molecule has 2 atom stereocenters. The molecule has 0 aromatic carbocycles. The fourth-order valence-electron chi connectivity index (χ4n) is 2.21. The Labute approximate surface area is 116 Å². The Morgan fingerprint density at radius 2 is 2.05 bits per heavy atom. The van der Waals surface area contributed by atoms with Crippen LogP contribution in [0.15, 0.2) is 23.3 Å². The molecule has 19 heavy (non-hydrogen) atoms. The second-order valence-electron chi connectivity index (χ2n) is 5.79. The van der Waals surface area contributed by atoms with Gasteiger partial charge in [-0.1, -0.05) is 17.2 Å². The van der Waals surface area contributed by atoms with Gasteiger partial charge in [-0.2, -0.15) is 0 Å². The van der Waals surface area contributed by atoms with E-state index in [9.17, 15) is 4.79 Å². The molecule has 0 unspecified atom stereocenters. The molecule has 1 aliphatic heterocycles. The van der Waals surface area contributed by atoms with Crippen LogP contribution in [0, 0.1) is 0 Å². The molecule has 0 radical (unpaired) electrons. The van der Waals surface area contributed by atoms with Gasteiger partial charge in [-0.3, -0.25) is 0 Å². The summed E-state index contributed by atoms with van der Waals surface area (Å²) in [5.74, 6) is -0.277. The summed E-state index contributed by atoms with van der Waals surface area (Å²) in [4.78, 5) is 11.1. The fourth-order valence-corrected chi connectivity index (χ4v) is 2.21. The van der Waals surface area contributed by atoms with Crippen LogP contribution in [0.25, 0.3) is 0 Å². The SMILES string of the molecule is COC(=O)/C=C(\C)CC[C@@H]1O[C@@]1(C)CCC=C(C)C. The summed E-state index contributed by atoms with van der Waals surface area (Å²) in [6.45, 7) is 8.37. The van der Waals surface area contributed by atoms with Crippen LogP contribution in [0.1, 0.15) is 53.4 Å². The van der Waals surface area contributed by atoms with Crippen molar-refractivity contribution in [3.05, 3.63) is 23.3 Å². The van der Waals surface area contributed by atoms with E-state index in [2.05, 4.69) is 31.6 Å². The molecular weight excluding hydrogens is 240 g/mol. The molecule has 0 saturated carbocycles. The number of carbonyl (C=O) groups excluding carboxylic acids is 1. The first-order chi connectivity index (χ1) is 8.87. The topological polar surface area (TPSA) is 38.8 Å². The highest BCUT2D eigenvalue weighted by Gasteiger charge is 2.50. The minimum Gasteiger partial charge on any atom is -0.466 e. The molecule has 1 rings (SSSR count). The van der Waals surface area contributed by atoms with E-state index < -0.39 is 0 Å². The summed E-state index contributed by atoms with van der Waals surface area (Å²) in [5, 5.41) is 0. The fraction of sp³-hybridized carbons (Fsp3) is 0.688. The first-order valence-corrected chi connectivity index (χ1v) is 6.93. The maximum absolute atomic E-state index is 11.1. The van der Waals surface area contributed by atoms with Gasteiger partial charge in [-0.25, -0.2) is 4.79 Å². The van der Waals surface area contributed by atoms with Crippen LogP contribution in [0.4, 0.5) is 0 Å². The van der Waals surface area contributed by atoms with Gasteiger partial charge in [0.15, 0.2) is 0 Å². The van der Waals surface area contributed by atoms with Crippen molar-refractivity contribution >= 4 is 5.97 Å². The highest BCUT2D eigenvalue weighted by molar-refractivity contribution is 5.82. The Bertz CT molecular complexity index is 377. The lowest BCUT2D eigenvalue weighted by Gasteiger charge is -2.04. The van der Waals surface area contributed by atoms with Gasteiger partial charge in [-0.05, 0) is 53.4 Å². The summed E-state index contributed by atoms with van der Waals surface area (Å²) < 4.78 is 10.4. The third kappa shape index (κ3) is 5.60. The number of hydrogen-bond acceptors (Lipinski definition) is 3. The maximum atomic E-state index is 11.1. The Morgan fingerprint density at radius 3 is 2.63 bits per heavy atom. The molecule has 0 aromatic heterocycles. The number of epoxide rings is 1. The quantitative estimate of drug-likeness (QED) is 0.304. The summed E-state index contributed by atoms with van der Waals surface area (Å²) >= 11 is 0. The summed E-state index contributed by atoms with van der Waals surface area (Å²) in [6.07, 6.45) is 8.16. The van der Waals surface area contributed by atoms with E-state index in [1.807, 2.05) is 6.92 Å². The molecule has 0 aromatic rings. The van der Waals surface area contributed by atoms with Crippen LogP contribution in [0.3, 0.4) is 0 Å². The molecule has 3 nitrogen and oxygen atoms in total. The Kier molecular flexibility index (Phi) is 5.80. The monoisotopic (exact) mass is 266 g/mol. The molecule has 108 valence electrons. The Balaban J connectivity index is 2.28. The van der Waals surface area contributed by atoms with Crippen LogP contribution >= 0.6 is 0 Å². The van der Waals surface area contributed by atoms with Crippen molar-refractivity contribution in [2.24, 2.45) is 0 Å². The van der Waals surface area contributed by atoms with E-state index in [1.54, 1.807) is 6.08 Å². The second-order valence-corrected chi connectivity index (χ2v) is 5.79. The zero-order chi connectivity index (χ0) is 14.5. The maximum Gasteiger partial charge on any atom is 0.330 e. The van der Waals surface area contributed by atoms with Crippen LogP contribution in [0.5, 0.6) is 0 Å². The molecule has 1 saturated heterocycles. The number of allylic oxidation sites excluding steroid dienone is 3. The van der Waals surface area contributed by atoms with Crippen molar-refractivity contribution in [3.8, 4) is 0 Å². The lowest BCUT2D eigenvalue weighted by Crippen LogP contribution is -2.09. The van der Waals surface area contributed by atoms with Crippen LogP contribution in [-0.4, -0.2) is 24.8 Å². The number of methoxy groups -OCH3 is 1. The van der Waals surface area contributed by atoms with E-state index in [0.29, 0.717) is 6.10 Å². The van der Waals surface area contributed by atoms with Crippen molar-refractivity contribution in [2.45, 2.75) is 65.1 Å². The number of hydrogen-bond donors (Lipinski definition) is 0. The van der Waals surface area contributed by atoms with Gasteiger partial charge >= 0.3 is 5.97 Å². The Morgan fingerprint density at radius 1 is 1.37 bits per heavy atom. The van der Waals surface area contributed by atoms with E-state index in [0.717, 1.165) is 31.3 Å². The lowest BCUT2D eigenvalue weighted by atomic mass is 9.96. The van der Waals surface area contributed by atoms with Gasteiger partial charge < -0.3 is 9.47 Å². The lowest BCUT2D eigenvalue weighted by molar-refractivity contribution is -0.134. The summed E-state index contributed by atoms with van der Waals surface area (Å²) in [7, 11) is 1.40. The van der Waals surface area contributed by atoms with Gasteiger partial charge in [0.1, 0.15) is 0 Å². The molecule has 0 bridgehead atoms. The van der Waals surface area contributed by atoms with Crippen molar-refractivity contribution in [1.29, 1.82) is 0 Å². The zero-order valence-corrected chi connectivity index (χ0v) is 12.8. The van der Waals surface area contributed by atoms with E-state index in [1.165, 1.54) is 12.7 Å². The molecule has 0 aliphatic carbocycles. The molecule has 0 amide bonds. The van der Waals surface area contributed by atoms with Gasteiger partial charge in [0.05, 0.1) is 18.8 Å². The minimum absolute atomic E-state index is 0.0392. The number of esters is 1. The van der Waals surface area contributed by atoms with E-state index in [-0.39, 0.29) is 11.6 Å². The van der Waals surface area contributed by atoms with Gasteiger partial charge in [0.2, 0.25) is 0 Å². The highest BCUT2D eigenvalue weighted by atomic mass is 16.6. The third-order valence-corrected chi connectivity index (χ3v) is 3.59. The average Bonchev–Trinajstić information content (AvgIpc) is 2.97. The average molecular weight is 266 g/mol. The van der Waals surface area contributed by atoms with Gasteiger partial charge in [-0.15, -0.1) is 0 Å². The Hall–Kier alpha value is -1.09. The van der Waals surface area contributed by atoms with E-state index in [4.69, 9.17) is 4.74 Å². The van der Waals surface area contributed by atoms with Crippen molar-refractivity contribution in [2.75, 3.05) is 7.11 Å². The molecule has 0 N–H and O–H groups in total. The van der Waals surface area contributed by atoms with Crippen LogP contribution in [-0.2, 0) is 14.3 Å². The van der Waals surface area contributed by atoms with Gasteiger partial charge in [0, 0.05) is 6.08 Å². The van der Waals surface area contributed by atoms with Crippen LogP contribution < -0.4 is 0 Å².